The molecule has 29 heavy (non-hydrogen) atoms. The Kier molecular flexibility index (Phi) is 24.7. The Hall–Kier alpha value is 0.160. The summed E-state index contributed by atoms with van der Waals surface area (Å²) in [5.41, 5.74) is 0. The first-order valence-corrected chi connectivity index (χ1v) is 12.7. The number of rotatable bonds is 20. The van der Waals surface area contributed by atoms with E-state index in [1.54, 1.807) is 0 Å². The van der Waals surface area contributed by atoms with Crippen molar-refractivity contribution in [2.24, 2.45) is 0 Å². The van der Waals surface area contributed by atoms with Crippen molar-refractivity contribution in [3.8, 4) is 0 Å². The molecule has 0 radical (unpaired) electrons. The van der Waals surface area contributed by atoms with Crippen LogP contribution in [0, 0.1) is 0 Å². The Morgan fingerprint density at radius 1 is 0.552 bits per heavy atom. The maximum Gasteiger partial charge on any atom is 0.516 e. The summed E-state index contributed by atoms with van der Waals surface area (Å²) < 4.78 is 5.99. The van der Waals surface area contributed by atoms with Crippen molar-refractivity contribution >= 4 is 6.09 Å². The van der Waals surface area contributed by atoms with Crippen LogP contribution < -0.4 is 24.0 Å². The van der Waals surface area contributed by atoms with E-state index in [4.69, 9.17) is 4.74 Å². The highest BCUT2D eigenvalue weighted by Crippen LogP contribution is 2.14. The minimum Gasteiger partial charge on any atom is -1.00 e. The first-order valence-electron chi connectivity index (χ1n) is 12.7. The van der Waals surface area contributed by atoms with E-state index in [1.807, 2.05) is 0 Å². The van der Waals surface area contributed by atoms with Crippen LogP contribution in [-0.4, -0.2) is 36.8 Å². The van der Waals surface area contributed by atoms with Gasteiger partial charge >= 0.3 is 6.09 Å². The minimum absolute atomic E-state index is 0. The molecule has 0 saturated carbocycles. The number of hydrogen-bond acceptors (Lipinski definition) is 2. The number of unbranched alkanes of at least 4 members (excludes halogenated alkanes) is 15. The predicted molar refractivity (Wildman–Crippen MR) is 123 cm³/mol. The van der Waals surface area contributed by atoms with Crippen LogP contribution in [0.2, 0.25) is 0 Å². The van der Waals surface area contributed by atoms with Gasteiger partial charge in [0.2, 0.25) is 0 Å². The van der Waals surface area contributed by atoms with Crippen molar-refractivity contribution in [1.82, 2.24) is 0 Å². The first kappa shape index (κ1) is 31.3. The Bertz CT molecular complexity index is 337. The minimum atomic E-state index is -0.0338. The van der Waals surface area contributed by atoms with Crippen molar-refractivity contribution < 1.29 is 38.0 Å². The maximum absolute atomic E-state index is 12.3. The summed E-state index contributed by atoms with van der Waals surface area (Å²) in [6.45, 7) is 11.6. The standard InChI is InChI=1S/C25H52NO2.HI/c1-5-9-10-11-12-13-14-15-16-17-18-19-20-21-22-23-24-28-25(27)26(6-2,7-3)8-4;/h5-24H2,1-4H3;1H/q+1;/p-1. The van der Waals surface area contributed by atoms with Gasteiger partial charge in [0.25, 0.3) is 0 Å². The molecule has 0 atom stereocenters. The van der Waals surface area contributed by atoms with Crippen LogP contribution in [0.3, 0.4) is 0 Å². The normalized spacial score (nSPS) is 11.3. The van der Waals surface area contributed by atoms with Crippen molar-refractivity contribution in [1.29, 1.82) is 0 Å². The molecule has 0 aliphatic carbocycles. The average Bonchev–Trinajstić information content (AvgIpc) is 2.72. The summed E-state index contributed by atoms with van der Waals surface area (Å²) in [6, 6.07) is 0. The lowest BCUT2D eigenvalue weighted by atomic mass is 10.0. The summed E-state index contributed by atoms with van der Waals surface area (Å²) in [7, 11) is 0. The van der Waals surface area contributed by atoms with Crippen LogP contribution in [0.5, 0.6) is 0 Å². The number of ether oxygens (including phenoxy) is 1. The van der Waals surface area contributed by atoms with Crippen LogP contribution in [-0.2, 0) is 4.74 Å². The van der Waals surface area contributed by atoms with Gasteiger partial charge in [-0.25, -0.2) is 4.48 Å². The molecular formula is C25H52INO2. The van der Waals surface area contributed by atoms with Gasteiger partial charge in [-0.05, 0) is 27.2 Å². The molecule has 0 spiro atoms. The lowest BCUT2D eigenvalue weighted by molar-refractivity contribution is -0.852. The van der Waals surface area contributed by atoms with Gasteiger partial charge < -0.3 is 28.7 Å². The molecule has 0 saturated heterocycles. The van der Waals surface area contributed by atoms with Gasteiger partial charge in [0, 0.05) is 0 Å². The van der Waals surface area contributed by atoms with E-state index in [0.29, 0.717) is 11.1 Å². The molecule has 0 aromatic heterocycles. The van der Waals surface area contributed by atoms with E-state index in [2.05, 4.69) is 27.7 Å². The summed E-state index contributed by atoms with van der Waals surface area (Å²) >= 11 is 0. The van der Waals surface area contributed by atoms with E-state index in [-0.39, 0.29) is 30.1 Å². The smallest absolute Gasteiger partial charge is 0.516 e. The number of nitrogens with zero attached hydrogens (tertiary/aromatic N) is 1. The van der Waals surface area contributed by atoms with E-state index < -0.39 is 0 Å². The number of carbonyl (C=O) groups is 1. The molecule has 0 N–H and O–H groups in total. The number of hydrogen-bond donors (Lipinski definition) is 0. The highest BCUT2D eigenvalue weighted by atomic mass is 127. The molecular weight excluding hydrogens is 473 g/mol. The molecule has 176 valence electrons. The van der Waals surface area contributed by atoms with Gasteiger partial charge in [-0.1, -0.05) is 103 Å². The average molecular weight is 526 g/mol. The summed E-state index contributed by atoms with van der Waals surface area (Å²) in [4.78, 5) is 12.3. The molecule has 0 fully saturated rings. The van der Waals surface area contributed by atoms with Crippen LogP contribution in [0.15, 0.2) is 0 Å². The lowest BCUT2D eigenvalue weighted by Gasteiger charge is -2.30. The van der Waals surface area contributed by atoms with Crippen LogP contribution in [0.4, 0.5) is 4.79 Å². The summed E-state index contributed by atoms with van der Waals surface area (Å²) in [6.07, 6.45) is 21.8. The summed E-state index contributed by atoms with van der Waals surface area (Å²) in [5.74, 6) is 0. The lowest BCUT2D eigenvalue weighted by Crippen LogP contribution is -3.00. The highest BCUT2D eigenvalue weighted by Gasteiger charge is 2.33. The van der Waals surface area contributed by atoms with E-state index >= 15 is 0 Å². The molecule has 1 amide bonds. The Morgan fingerprint density at radius 2 is 0.862 bits per heavy atom. The fourth-order valence-corrected chi connectivity index (χ4v) is 4.00. The number of quaternary nitrogens is 1. The molecule has 0 aromatic rings. The Balaban J connectivity index is 0. The zero-order valence-electron chi connectivity index (χ0n) is 20.3. The second-order valence-electron chi connectivity index (χ2n) is 8.51. The van der Waals surface area contributed by atoms with Gasteiger partial charge in [-0.3, -0.25) is 0 Å². The second-order valence-corrected chi connectivity index (χ2v) is 8.51. The maximum atomic E-state index is 12.3. The largest absolute Gasteiger partial charge is 1.00 e. The van der Waals surface area contributed by atoms with Crippen molar-refractivity contribution in [2.45, 2.75) is 130 Å². The molecule has 3 nitrogen and oxygen atoms in total. The molecule has 0 heterocycles. The van der Waals surface area contributed by atoms with E-state index in [0.717, 1.165) is 26.1 Å². The molecule has 0 aromatic carbocycles. The first-order chi connectivity index (χ1) is 13.7. The monoisotopic (exact) mass is 525 g/mol. The van der Waals surface area contributed by atoms with Gasteiger partial charge in [-0.2, -0.15) is 4.79 Å². The fraction of sp³-hybridized carbons (Fsp3) is 0.960. The topological polar surface area (TPSA) is 26.3 Å². The Morgan fingerprint density at radius 3 is 1.17 bits per heavy atom. The third kappa shape index (κ3) is 16.5. The third-order valence-electron chi connectivity index (χ3n) is 6.43. The van der Waals surface area contributed by atoms with Crippen molar-refractivity contribution in [3.63, 3.8) is 0 Å². The van der Waals surface area contributed by atoms with Gasteiger partial charge in [0.1, 0.15) is 0 Å². The third-order valence-corrected chi connectivity index (χ3v) is 6.43. The molecule has 0 aliphatic heterocycles. The van der Waals surface area contributed by atoms with Crippen LogP contribution in [0.1, 0.15) is 130 Å². The van der Waals surface area contributed by atoms with Gasteiger partial charge in [-0.15, -0.1) is 0 Å². The second kappa shape index (κ2) is 22.8. The van der Waals surface area contributed by atoms with Crippen molar-refractivity contribution in [2.75, 3.05) is 26.2 Å². The number of carbonyl (C=O) groups excluding carboxylic acids is 1. The van der Waals surface area contributed by atoms with Gasteiger partial charge in [0.05, 0.1) is 26.2 Å². The number of amides is 1. The quantitative estimate of drug-likeness (QED) is 0.123. The highest BCUT2D eigenvalue weighted by molar-refractivity contribution is 5.59. The molecule has 0 aliphatic rings. The molecule has 0 rings (SSSR count). The van der Waals surface area contributed by atoms with Gasteiger partial charge in [0.15, 0.2) is 0 Å². The molecule has 0 unspecified atom stereocenters. The van der Waals surface area contributed by atoms with E-state index in [1.165, 1.54) is 96.3 Å². The molecule has 4 heteroatoms. The predicted octanol–water partition coefficient (Wildman–Crippen LogP) is 5.27. The van der Waals surface area contributed by atoms with Crippen LogP contribution >= 0.6 is 0 Å². The van der Waals surface area contributed by atoms with E-state index in [9.17, 15) is 4.79 Å². The SMILES string of the molecule is CCCCCCCCCCCCCCCCCCOC(=O)[N+](CC)(CC)CC.[I-]. The number of halogens is 1. The van der Waals surface area contributed by atoms with Crippen LogP contribution in [0.25, 0.3) is 0 Å². The zero-order valence-corrected chi connectivity index (χ0v) is 22.4. The zero-order chi connectivity index (χ0) is 20.9. The summed E-state index contributed by atoms with van der Waals surface area (Å²) in [5, 5.41) is 0. The molecule has 0 bridgehead atoms. The fourth-order valence-electron chi connectivity index (χ4n) is 4.00. The Labute approximate surface area is 200 Å². The van der Waals surface area contributed by atoms with Crippen molar-refractivity contribution in [3.05, 3.63) is 0 Å².